The maximum Gasteiger partial charge on any atom is 0.0579 e. The molecule has 4 aliphatic rings. The van der Waals surface area contributed by atoms with Crippen molar-refractivity contribution >= 4 is 0 Å². The minimum atomic E-state index is -0.132. The van der Waals surface area contributed by atoms with Crippen molar-refractivity contribution in [2.45, 2.75) is 117 Å². The molecule has 1 unspecified atom stereocenters. The highest BCUT2D eigenvalue weighted by Gasteiger charge is 2.63. The van der Waals surface area contributed by atoms with E-state index in [1.54, 1.807) is 0 Å². The molecule has 0 aromatic carbocycles. The minimum absolute atomic E-state index is 0.0821. The number of aliphatic hydroxyl groups excluding tert-OH is 3. The Kier molecular flexibility index (Phi) is 7.42. The summed E-state index contributed by atoms with van der Waals surface area (Å²) in [5.41, 5.74) is 0.656. The number of rotatable bonds is 7. The van der Waals surface area contributed by atoms with Gasteiger partial charge in [-0.05, 0) is 122 Å². The van der Waals surface area contributed by atoms with Gasteiger partial charge in [-0.2, -0.15) is 0 Å². The van der Waals surface area contributed by atoms with Crippen molar-refractivity contribution < 1.29 is 15.3 Å². The zero-order chi connectivity index (χ0) is 23.3. The maximum atomic E-state index is 11.4. The third kappa shape index (κ3) is 4.22. The van der Waals surface area contributed by atoms with Gasteiger partial charge in [0, 0.05) is 6.61 Å². The summed E-state index contributed by atoms with van der Waals surface area (Å²) < 4.78 is 0. The fourth-order valence-corrected chi connectivity index (χ4v) is 9.88. The highest BCUT2D eigenvalue weighted by molar-refractivity contribution is 5.12. The summed E-state index contributed by atoms with van der Waals surface area (Å²) in [4.78, 5) is 0. The van der Waals surface area contributed by atoms with E-state index < -0.39 is 0 Å². The van der Waals surface area contributed by atoms with Crippen LogP contribution in [0, 0.1) is 58.2 Å². The second kappa shape index (κ2) is 9.50. The van der Waals surface area contributed by atoms with E-state index in [4.69, 9.17) is 0 Å². The van der Waals surface area contributed by atoms with E-state index >= 15 is 0 Å². The fraction of sp³-hybridized carbons (Fsp3) is 1.00. The van der Waals surface area contributed by atoms with E-state index in [1.807, 2.05) is 0 Å². The molecular formula is C29H52O3. The van der Waals surface area contributed by atoms with Gasteiger partial charge in [-0.1, -0.05) is 41.0 Å². The van der Waals surface area contributed by atoms with Crippen LogP contribution in [0.4, 0.5) is 0 Å². The lowest BCUT2D eigenvalue weighted by molar-refractivity contribution is -0.142. The predicted octanol–water partition coefficient (Wildman–Crippen LogP) is 6.05. The van der Waals surface area contributed by atoms with Crippen molar-refractivity contribution in [2.75, 3.05) is 6.61 Å². The molecule has 186 valence electrons. The van der Waals surface area contributed by atoms with Gasteiger partial charge in [0.05, 0.1) is 12.2 Å². The lowest BCUT2D eigenvalue weighted by Crippen LogP contribution is -2.55. The van der Waals surface area contributed by atoms with E-state index in [2.05, 4.69) is 34.6 Å². The average Bonchev–Trinajstić information content (AvgIpc) is 3.02. The lowest BCUT2D eigenvalue weighted by Gasteiger charge is -2.61. The van der Waals surface area contributed by atoms with E-state index in [0.717, 1.165) is 31.6 Å². The van der Waals surface area contributed by atoms with Crippen molar-refractivity contribution in [1.29, 1.82) is 0 Å². The first-order chi connectivity index (χ1) is 15.1. The highest BCUT2D eigenvalue weighted by Crippen LogP contribution is 2.68. The summed E-state index contributed by atoms with van der Waals surface area (Å²) in [6.45, 7) is 12.4. The normalized spacial score (nSPS) is 48.1. The molecular weight excluding hydrogens is 396 g/mol. The molecule has 4 rings (SSSR count). The summed E-state index contributed by atoms with van der Waals surface area (Å²) >= 11 is 0. The van der Waals surface area contributed by atoms with Gasteiger partial charge in [0.25, 0.3) is 0 Å². The van der Waals surface area contributed by atoms with Crippen molar-refractivity contribution in [3.05, 3.63) is 0 Å². The summed E-state index contributed by atoms with van der Waals surface area (Å²) in [5.74, 6) is 5.09. The Labute approximate surface area is 197 Å². The molecule has 4 saturated carbocycles. The van der Waals surface area contributed by atoms with Gasteiger partial charge in [0.15, 0.2) is 0 Å². The molecule has 3 N–H and O–H groups in total. The number of hydrogen-bond acceptors (Lipinski definition) is 3. The van der Waals surface area contributed by atoms with Crippen LogP contribution in [0.25, 0.3) is 0 Å². The van der Waals surface area contributed by atoms with Gasteiger partial charge in [-0.25, -0.2) is 0 Å². The molecule has 32 heavy (non-hydrogen) atoms. The van der Waals surface area contributed by atoms with Gasteiger partial charge in [-0.15, -0.1) is 0 Å². The number of aliphatic hydroxyl groups is 3. The largest absolute Gasteiger partial charge is 0.396 e. The van der Waals surface area contributed by atoms with Gasteiger partial charge in [0.2, 0.25) is 0 Å². The van der Waals surface area contributed by atoms with Crippen LogP contribution in [-0.4, -0.2) is 34.1 Å². The molecule has 0 bridgehead atoms. The SMILES string of the molecule is CC(C)[C@H](CCO)CC[C@@H](C)[C@H]1C[C@@H](O)[C@H]2[C@@H]3CCC4C[C@@H](O)CC[C@]4(C)[C@H]3CC[C@@]21C. The van der Waals surface area contributed by atoms with Crippen molar-refractivity contribution in [2.24, 2.45) is 58.2 Å². The van der Waals surface area contributed by atoms with Crippen LogP contribution in [0.3, 0.4) is 0 Å². The molecule has 4 aliphatic carbocycles. The summed E-state index contributed by atoms with van der Waals surface area (Å²) in [6, 6.07) is 0. The van der Waals surface area contributed by atoms with E-state index in [-0.39, 0.29) is 17.6 Å². The van der Waals surface area contributed by atoms with Gasteiger partial charge < -0.3 is 15.3 Å². The number of hydrogen-bond donors (Lipinski definition) is 3. The molecule has 0 saturated heterocycles. The predicted molar refractivity (Wildman–Crippen MR) is 131 cm³/mol. The molecule has 0 radical (unpaired) electrons. The van der Waals surface area contributed by atoms with Gasteiger partial charge in [0.1, 0.15) is 0 Å². The molecule has 0 aliphatic heterocycles. The first kappa shape index (κ1) is 25.0. The molecule has 3 nitrogen and oxygen atoms in total. The van der Waals surface area contributed by atoms with Crippen LogP contribution >= 0.6 is 0 Å². The van der Waals surface area contributed by atoms with Crippen LogP contribution in [0.2, 0.25) is 0 Å². The minimum Gasteiger partial charge on any atom is -0.396 e. The molecule has 0 spiro atoms. The van der Waals surface area contributed by atoms with E-state index in [0.29, 0.717) is 53.4 Å². The van der Waals surface area contributed by atoms with Crippen LogP contribution in [0.15, 0.2) is 0 Å². The second-order valence-corrected chi connectivity index (χ2v) is 13.5. The Balaban J connectivity index is 1.48. The van der Waals surface area contributed by atoms with Crippen molar-refractivity contribution in [3.8, 4) is 0 Å². The Morgan fingerprint density at radius 3 is 2.25 bits per heavy atom. The molecule has 0 aromatic heterocycles. The third-order valence-electron chi connectivity index (χ3n) is 11.8. The quantitative estimate of drug-likeness (QED) is 0.444. The first-order valence-corrected chi connectivity index (χ1v) is 14.1. The molecule has 0 amide bonds. The zero-order valence-electron chi connectivity index (χ0n) is 21.6. The van der Waals surface area contributed by atoms with Gasteiger partial charge >= 0.3 is 0 Å². The molecule has 4 fully saturated rings. The Morgan fingerprint density at radius 1 is 0.844 bits per heavy atom. The molecule has 0 aromatic rings. The standard InChI is InChI=1S/C29H52O3/c1-18(2)20(12-15-30)7-6-19(3)25-17-26(32)27-23-9-8-21-16-22(31)10-13-28(21,4)24(23)11-14-29(25,27)5/h18-27,30-32H,6-17H2,1-5H3/t19-,20+,21?,22+,23-,24+,25-,26-,27-,28+,29-/m1/s1. The number of fused-ring (bicyclic) bond motifs is 5. The fourth-order valence-electron chi connectivity index (χ4n) is 9.88. The van der Waals surface area contributed by atoms with Crippen LogP contribution < -0.4 is 0 Å². The van der Waals surface area contributed by atoms with Gasteiger partial charge in [-0.3, -0.25) is 0 Å². The van der Waals surface area contributed by atoms with Crippen LogP contribution in [0.1, 0.15) is 105 Å². The summed E-state index contributed by atoms with van der Waals surface area (Å²) in [6.07, 6.45) is 12.4. The highest BCUT2D eigenvalue weighted by atomic mass is 16.3. The Hall–Kier alpha value is -0.120. The Bertz CT molecular complexity index is 634. The average molecular weight is 449 g/mol. The summed E-state index contributed by atoms with van der Waals surface area (Å²) in [5, 5.41) is 31.2. The molecule has 0 heterocycles. The van der Waals surface area contributed by atoms with Crippen molar-refractivity contribution in [1.82, 2.24) is 0 Å². The van der Waals surface area contributed by atoms with Crippen molar-refractivity contribution in [3.63, 3.8) is 0 Å². The van der Waals surface area contributed by atoms with Crippen LogP contribution in [-0.2, 0) is 0 Å². The topological polar surface area (TPSA) is 60.7 Å². The van der Waals surface area contributed by atoms with Crippen LogP contribution in [0.5, 0.6) is 0 Å². The maximum absolute atomic E-state index is 11.4. The van der Waals surface area contributed by atoms with E-state index in [1.165, 1.54) is 44.9 Å². The first-order valence-electron chi connectivity index (χ1n) is 14.1. The summed E-state index contributed by atoms with van der Waals surface area (Å²) in [7, 11) is 0. The lowest BCUT2D eigenvalue weighted by atomic mass is 9.44. The monoisotopic (exact) mass is 448 g/mol. The third-order valence-corrected chi connectivity index (χ3v) is 11.8. The molecule has 3 heteroatoms. The zero-order valence-corrected chi connectivity index (χ0v) is 21.6. The second-order valence-electron chi connectivity index (χ2n) is 13.5. The van der Waals surface area contributed by atoms with E-state index in [9.17, 15) is 15.3 Å². The smallest absolute Gasteiger partial charge is 0.0579 e. The Morgan fingerprint density at radius 2 is 1.56 bits per heavy atom. The molecule has 11 atom stereocenters.